The molecular formula is C34H51Cl. The number of hydrogen-bond acceptors (Lipinski definition) is 0. The first-order valence-corrected chi connectivity index (χ1v) is 13.9. The molecule has 35 heavy (non-hydrogen) atoms. The Balaban J connectivity index is 0.000000625. The molecule has 1 unspecified atom stereocenters. The maximum absolute atomic E-state index is 6.30. The summed E-state index contributed by atoms with van der Waals surface area (Å²) in [6.45, 7) is 21.4. The number of aryl methyl sites for hydroxylation is 1. The molecule has 0 spiro atoms. The monoisotopic (exact) mass is 494 g/mol. The van der Waals surface area contributed by atoms with Crippen molar-refractivity contribution in [3.63, 3.8) is 0 Å². The lowest BCUT2D eigenvalue weighted by atomic mass is 9.77. The molecule has 1 aromatic rings. The largest absolute Gasteiger partial charge is 0.0877 e. The summed E-state index contributed by atoms with van der Waals surface area (Å²) < 4.78 is 0. The molecule has 0 fully saturated rings. The van der Waals surface area contributed by atoms with Gasteiger partial charge in [-0.3, -0.25) is 0 Å². The van der Waals surface area contributed by atoms with Gasteiger partial charge in [0.25, 0.3) is 0 Å². The molecule has 0 saturated heterocycles. The summed E-state index contributed by atoms with van der Waals surface area (Å²) in [7, 11) is 0. The quantitative estimate of drug-likeness (QED) is 0.330. The lowest BCUT2D eigenvalue weighted by Gasteiger charge is -2.28. The zero-order valence-electron chi connectivity index (χ0n) is 24.2. The summed E-state index contributed by atoms with van der Waals surface area (Å²) in [6.07, 6.45) is 22.3. The summed E-state index contributed by atoms with van der Waals surface area (Å²) in [5, 5.41) is 0.811. The fraction of sp³-hybridized carbons (Fsp3) is 0.471. The van der Waals surface area contributed by atoms with E-state index < -0.39 is 0 Å². The van der Waals surface area contributed by atoms with Crippen molar-refractivity contribution in [1.82, 2.24) is 0 Å². The van der Waals surface area contributed by atoms with Gasteiger partial charge in [0.1, 0.15) is 0 Å². The van der Waals surface area contributed by atoms with Crippen LogP contribution in [0.3, 0.4) is 0 Å². The highest BCUT2D eigenvalue weighted by Gasteiger charge is 2.21. The van der Waals surface area contributed by atoms with Gasteiger partial charge < -0.3 is 0 Å². The van der Waals surface area contributed by atoms with Gasteiger partial charge in [-0.25, -0.2) is 0 Å². The Morgan fingerprint density at radius 1 is 1.03 bits per heavy atom. The highest BCUT2D eigenvalue weighted by Crippen LogP contribution is 2.35. The molecule has 0 aliphatic heterocycles. The Kier molecular flexibility index (Phi) is 18.1. The molecule has 0 aromatic heterocycles. The summed E-state index contributed by atoms with van der Waals surface area (Å²) >= 11 is 6.30. The van der Waals surface area contributed by atoms with Crippen LogP contribution in [-0.4, -0.2) is 0 Å². The second kappa shape index (κ2) is 19.2. The van der Waals surface area contributed by atoms with Crippen LogP contribution in [0.25, 0.3) is 5.57 Å². The predicted octanol–water partition coefficient (Wildman–Crippen LogP) is 11.9. The lowest BCUT2D eigenvalue weighted by Crippen LogP contribution is -2.15. The van der Waals surface area contributed by atoms with Crippen LogP contribution in [0.15, 0.2) is 83.5 Å². The fourth-order valence-electron chi connectivity index (χ4n) is 4.43. The average molecular weight is 495 g/mol. The van der Waals surface area contributed by atoms with Crippen molar-refractivity contribution < 1.29 is 0 Å². The third-order valence-electron chi connectivity index (χ3n) is 6.51. The van der Waals surface area contributed by atoms with Gasteiger partial charge in [-0.2, -0.15) is 0 Å². The van der Waals surface area contributed by atoms with Crippen LogP contribution in [0.5, 0.6) is 0 Å². The minimum Gasteiger partial charge on any atom is -0.0877 e. The van der Waals surface area contributed by atoms with E-state index in [9.17, 15) is 0 Å². The van der Waals surface area contributed by atoms with E-state index in [1.807, 2.05) is 32.9 Å². The van der Waals surface area contributed by atoms with E-state index >= 15 is 0 Å². The van der Waals surface area contributed by atoms with Crippen LogP contribution in [0.2, 0.25) is 5.02 Å². The molecular weight excluding hydrogens is 444 g/mol. The number of allylic oxidation sites excluding steroid dienone is 12. The van der Waals surface area contributed by atoms with Gasteiger partial charge >= 0.3 is 0 Å². The van der Waals surface area contributed by atoms with Crippen molar-refractivity contribution in [3.8, 4) is 0 Å². The zero-order valence-corrected chi connectivity index (χ0v) is 25.0. The Morgan fingerprint density at radius 2 is 1.71 bits per heavy atom. The summed E-state index contributed by atoms with van der Waals surface area (Å²) in [6, 6.07) is 6.02. The molecule has 0 amide bonds. The van der Waals surface area contributed by atoms with Crippen LogP contribution in [0, 0.1) is 18.8 Å². The van der Waals surface area contributed by atoms with Crippen molar-refractivity contribution in [2.24, 2.45) is 11.8 Å². The first-order chi connectivity index (χ1) is 16.8. The third-order valence-corrected chi connectivity index (χ3v) is 6.82. The van der Waals surface area contributed by atoms with E-state index in [1.54, 1.807) is 11.1 Å². The second-order valence-corrected chi connectivity index (χ2v) is 9.47. The van der Waals surface area contributed by atoms with Gasteiger partial charge in [0, 0.05) is 10.6 Å². The van der Waals surface area contributed by atoms with E-state index in [1.165, 1.54) is 36.0 Å². The van der Waals surface area contributed by atoms with Crippen LogP contribution >= 0.6 is 11.6 Å². The molecule has 1 aliphatic carbocycles. The molecule has 1 aliphatic rings. The van der Waals surface area contributed by atoms with Crippen LogP contribution < -0.4 is 0 Å². The van der Waals surface area contributed by atoms with Crippen LogP contribution in [0.4, 0.5) is 0 Å². The highest BCUT2D eigenvalue weighted by molar-refractivity contribution is 6.32. The van der Waals surface area contributed by atoms with Crippen molar-refractivity contribution >= 4 is 17.2 Å². The summed E-state index contributed by atoms with van der Waals surface area (Å²) in [5.41, 5.74) is 8.03. The molecule has 2 rings (SSSR count). The Hall–Kier alpha value is -2.05. The number of hydrogen-bond donors (Lipinski definition) is 0. The molecule has 0 heterocycles. The molecule has 1 atom stereocenters. The van der Waals surface area contributed by atoms with E-state index in [4.69, 9.17) is 11.6 Å². The smallest absolute Gasteiger partial charge is 0.0486 e. The van der Waals surface area contributed by atoms with Crippen molar-refractivity contribution in [2.45, 2.75) is 94.9 Å². The fourth-order valence-corrected chi connectivity index (χ4v) is 4.76. The van der Waals surface area contributed by atoms with Gasteiger partial charge in [-0.05, 0) is 94.9 Å². The van der Waals surface area contributed by atoms with E-state index in [-0.39, 0.29) is 0 Å². The van der Waals surface area contributed by atoms with Gasteiger partial charge in [0.15, 0.2) is 0 Å². The average Bonchev–Trinajstić information content (AvgIpc) is 2.86. The molecule has 1 heteroatoms. The highest BCUT2D eigenvalue weighted by atomic mass is 35.5. The third kappa shape index (κ3) is 11.5. The number of benzene rings is 1. The topological polar surface area (TPSA) is 0 Å². The normalized spacial score (nSPS) is 17.2. The van der Waals surface area contributed by atoms with Crippen molar-refractivity contribution in [2.75, 3.05) is 0 Å². The molecule has 0 radical (unpaired) electrons. The zero-order chi connectivity index (χ0) is 26.8. The maximum Gasteiger partial charge on any atom is 0.0486 e. The van der Waals surface area contributed by atoms with Gasteiger partial charge in [0.05, 0.1) is 0 Å². The minimum atomic E-state index is 0.787. The molecule has 0 saturated carbocycles. The van der Waals surface area contributed by atoms with Crippen molar-refractivity contribution in [1.29, 1.82) is 0 Å². The SMILES string of the molecule is C/C=C\C=C/C1=C(C)C(C(C)C)CCC1.CC.C\C=C(/C=C\C(=C/C)c1c(C)cccc1Cl)CC. The van der Waals surface area contributed by atoms with Crippen LogP contribution in [-0.2, 0) is 0 Å². The predicted molar refractivity (Wildman–Crippen MR) is 163 cm³/mol. The second-order valence-electron chi connectivity index (χ2n) is 9.06. The first kappa shape index (κ1) is 33.0. The summed E-state index contributed by atoms with van der Waals surface area (Å²) in [4.78, 5) is 0. The van der Waals surface area contributed by atoms with Gasteiger partial charge in [-0.15, -0.1) is 0 Å². The van der Waals surface area contributed by atoms with E-state index in [0.717, 1.165) is 28.8 Å². The van der Waals surface area contributed by atoms with Crippen LogP contribution in [0.1, 0.15) is 99.1 Å². The van der Waals surface area contributed by atoms with Crippen molar-refractivity contribution in [3.05, 3.63) is 99.7 Å². The molecule has 1 aromatic carbocycles. The molecule has 0 bridgehead atoms. The Bertz CT molecular complexity index is 896. The Labute approximate surface area is 223 Å². The van der Waals surface area contributed by atoms with E-state index in [2.05, 4.69) is 103 Å². The molecule has 0 nitrogen and oxygen atoms in total. The number of rotatable bonds is 7. The lowest BCUT2D eigenvalue weighted by molar-refractivity contribution is 0.385. The van der Waals surface area contributed by atoms with Gasteiger partial charge in [0.2, 0.25) is 0 Å². The molecule has 194 valence electrons. The number of halogens is 1. The van der Waals surface area contributed by atoms with E-state index in [0.29, 0.717) is 0 Å². The maximum atomic E-state index is 6.30. The first-order valence-electron chi connectivity index (χ1n) is 13.5. The standard InChI is InChI=1S/C17H21Cl.C15H24.C2H6/c1-5-14(6-2)11-12-15(7-3)17-13(4)9-8-10-16(17)18;1-5-6-7-9-14-10-8-11-15(12(2)3)13(14)4;1-2/h5,7-12H,6H2,1-4H3;5-7,9,12,15H,8,10-11H2,1-4H3;1-2H3/b12-11-,14-5-,15-7+;6-5-,9-7-;. The van der Waals surface area contributed by atoms with Gasteiger partial charge in [-0.1, -0.05) is 118 Å². The minimum absolute atomic E-state index is 0.787. The summed E-state index contributed by atoms with van der Waals surface area (Å²) in [5.74, 6) is 1.60. The molecule has 0 N–H and O–H groups in total. The Morgan fingerprint density at radius 3 is 2.23 bits per heavy atom.